The topological polar surface area (TPSA) is 85.0 Å². The van der Waals surface area contributed by atoms with Crippen molar-refractivity contribution in [3.05, 3.63) is 53.7 Å². The second-order valence-corrected chi connectivity index (χ2v) is 5.72. The summed E-state index contributed by atoms with van der Waals surface area (Å²) in [5, 5.41) is 10.3. The molecule has 0 saturated heterocycles. The van der Waals surface area contributed by atoms with Gasteiger partial charge in [0.25, 0.3) is 5.91 Å². The Morgan fingerprint density at radius 3 is 2.77 bits per heavy atom. The van der Waals surface area contributed by atoms with Crippen LogP contribution in [0.3, 0.4) is 0 Å². The molecule has 2 N–H and O–H groups in total. The van der Waals surface area contributed by atoms with Crippen molar-refractivity contribution in [2.24, 2.45) is 7.05 Å². The van der Waals surface area contributed by atoms with Crippen LogP contribution in [0.4, 0.5) is 5.69 Å². The molecule has 0 atom stereocenters. The average molecular weight is 376 g/mol. The van der Waals surface area contributed by atoms with Gasteiger partial charge in [-0.25, -0.2) is 4.98 Å². The number of aromatic nitrogens is 3. The van der Waals surface area contributed by atoms with Crippen molar-refractivity contribution in [3.63, 3.8) is 0 Å². The average Bonchev–Trinajstić information content (AvgIpc) is 3.20. The molecule has 138 valence electrons. The molecule has 1 aromatic carbocycles. The van der Waals surface area contributed by atoms with Gasteiger partial charge in [-0.1, -0.05) is 25.1 Å². The number of halogens is 1. The van der Waals surface area contributed by atoms with Gasteiger partial charge < -0.3 is 15.1 Å². The molecule has 0 spiro atoms. The highest BCUT2D eigenvalue weighted by Crippen LogP contribution is 2.22. The molecule has 3 aromatic rings. The summed E-state index contributed by atoms with van der Waals surface area (Å²) in [5.74, 6) is 0.567. The van der Waals surface area contributed by atoms with E-state index in [0.29, 0.717) is 18.2 Å². The Balaban J connectivity index is 0.00000243. The van der Waals surface area contributed by atoms with Crippen molar-refractivity contribution < 1.29 is 9.21 Å². The van der Waals surface area contributed by atoms with E-state index < -0.39 is 0 Å². The van der Waals surface area contributed by atoms with E-state index in [2.05, 4.69) is 20.7 Å². The predicted molar refractivity (Wildman–Crippen MR) is 102 cm³/mol. The molecule has 1 amide bonds. The van der Waals surface area contributed by atoms with Gasteiger partial charge in [0.15, 0.2) is 5.69 Å². The summed E-state index contributed by atoms with van der Waals surface area (Å²) in [6, 6.07) is 7.70. The van der Waals surface area contributed by atoms with Crippen molar-refractivity contribution in [2.75, 3.05) is 11.9 Å². The van der Waals surface area contributed by atoms with Gasteiger partial charge in [0.1, 0.15) is 5.76 Å². The number of amides is 1. The zero-order chi connectivity index (χ0) is 17.8. The number of carbonyl (C=O) groups excluding carboxylic acids is 1. The van der Waals surface area contributed by atoms with Crippen LogP contribution in [0.5, 0.6) is 0 Å². The largest absolute Gasteiger partial charge is 0.440 e. The smallest absolute Gasteiger partial charge is 0.277 e. The highest BCUT2D eigenvalue weighted by Gasteiger charge is 2.19. The highest BCUT2D eigenvalue weighted by atomic mass is 35.5. The lowest BCUT2D eigenvalue weighted by Crippen LogP contribution is -2.17. The molecule has 2 heterocycles. The second kappa shape index (κ2) is 8.64. The summed E-state index contributed by atoms with van der Waals surface area (Å²) in [6.07, 6.45) is 3.44. The third-order valence-electron chi connectivity index (χ3n) is 3.79. The van der Waals surface area contributed by atoms with Crippen LogP contribution in [0.1, 0.15) is 28.7 Å². The Morgan fingerprint density at radius 1 is 1.31 bits per heavy atom. The first-order valence-electron chi connectivity index (χ1n) is 8.15. The van der Waals surface area contributed by atoms with Crippen LogP contribution < -0.4 is 10.6 Å². The molecular formula is C18H22ClN5O2. The number of hydrogen-bond acceptors (Lipinski definition) is 5. The summed E-state index contributed by atoms with van der Waals surface area (Å²) >= 11 is 0. The molecule has 0 aliphatic heterocycles. The first-order chi connectivity index (χ1) is 12.1. The lowest BCUT2D eigenvalue weighted by molar-refractivity contribution is 0.102. The molecule has 3 rings (SSSR count). The molecule has 0 aliphatic rings. The summed E-state index contributed by atoms with van der Waals surface area (Å²) in [7, 11) is 1.81. The van der Waals surface area contributed by atoms with Crippen molar-refractivity contribution >= 4 is 24.0 Å². The quantitative estimate of drug-likeness (QED) is 0.691. The molecule has 0 unspecified atom stereocenters. The minimum atomic E-state index is -0.291. The maximum absolute atomic E-state index is 12.6. The third-order valence-corrected chi connectivity index (χ3v) is 3.79. The fraction of sp³-hybridized carbons (Fsp3) is 0.278. The summed E-state index contributed by atoms with van der Waals surface area (Å²) in [4.78, 5) is 17.0. The first kappa shape index (κ1) is 19.7. The number of carbonyl (C=O) groups is 1. The number of benzene rings is 1. The molecule has 7 nitrogen and oxygen atoms in total. The second-order valence-electron chi connectivity index (χ2n) is 5.72. The van der Waals surface area contributed by atoms with Gasteiger partial charge in [-0.05, 0) is 25.1 Å². The van der Waals surface area contributed by atoms with Crippen LogP contribution in [-0.2, 0) is 13.6 Å². The number of nitrogens with one attached hydrogen (secondary N) is 2. The maximum atomic E-state index is 12.6. The van der Waals surface area contributed by atoms with E-state index in [1.807, 2.05) is 38.2 Å². The van der Waals surface area contributed by atoms with Gasteiger partial charge in [0.2, 0.25) is 5.89 Å². The van der Waals surface area contributed by atoms with E-state index in [9.17, 15) is 4.79 Å². The van der Waals surface area contributed by atoms with E-state index in [0.717, 1.165) is 23.4 Å². The van der Waals surface area contributed by atoms with E-state index >= 15 is 0 Å². The van der Waals surface area contributed by atoms with E-state index in [1.165, 1.54) is 0 Å². The molecule has 0 bridgehead atoms. The fourth-order valence-corrected chi connectivity index (χ4v) is 2.50. The first-order valence-corrected chi connectivity index (χ1v) is 8.15. The number of aryl methyl sites for hydroxylation is 2. The van der Waals surface area contributed by atoms with Crippen molar-refractivity contribution in [3.8, 4) is 11.5 Å². The molecule has 0 fully saturated rings. The highest BCUT2D eigenvalue weighted by molar-refractivity contribution is 6.04. The number of rotatable bonds is 6. The molecule has 0 aliphatic carbocycles. The Bertz CT molecular complexity index is 887. The fourth-order valence-electron chi connectivity index (χ4n) is 2.50. The van der Waals surface area contributed by atoms with Crippen LogP contribution in [0, 0.1) is 6.92 Å². The minimum absolute atomic E-state index is 0. The Morgan fingerprint density at radius 2 is 2.08 bits per heavy atom. The number of para-hydroxylation sites is 1. The maximum Gasteiger partial charge on any atom is 0.277 e. The van der Waals surface area contributed by atoms with Crippen molar-refractivity contribution in [1.29, 1.82) is 0 Å². The number of nitrogens with zero attached hydrogens (tertiary/aromatic N) is 3. The van der Waals surface area contributed by atoms with Gasteiger partial charge in [-0.2, -0.15) is 5.10 Å². The normalized spacial score (nSPS) is 10.4. The molecular weight excluding hydrogens is 354 g/mol. The number of oxazole rings is 1. The lowest BCUT2D eigenvalue weighted by atomic mass is 10.1. The molecule has 26 heavy (non-hydrogen) atoms. The summed E-state index contributed by atoms with van der Waals surface area (Å²) in [5.41, 5.74) is 2.79. The van der Waals surface area contributed by atoms with Crippen LogP contribution in [0.15, 0.2) is 41.1 Å². The number of hydrogen-bond donors (Lipinski definition) is 2. The van der Waals surface area contributed by atoms with E-state index in [-0.39, 0.29) is 24.0 Å². The van der Waals surface area contributed by atoms with E-state index in [4.69, 9.17) is 4.42 Å². The van der Waals surface area contributed by atoms with Gasteiger partial charge in [0.05, 0.1) is 11.8 Å². The zero-order valence-corrected chi connectivity index (χ0v) is 15.8. The number of anilines is 1. The standard InChI is InChI=1S/C18H21N5O2.ClH/c1-4-19-9-13-7-5-6-8-15(13)21-17(24)16-12(2)25-18(22-16)14-10-20-23(3)11-14;/h5-8,10-11,19H,4,9H2,1-3H3,(H,21,24);1H. The predicted octanol–water partition coefficient (Wildman–Crippen LogP) is 3.17. The van der Waals surface area contributed by atoms with Gasteiger partial charge in [-0.15, -0.1) is 12.4 Å². The molecule has 8 heteroatoms. The van der Waals surface area contributed by atoms with Gasteiger partial charge in [0, 0.05) is 25.5 Å². The SMILES string of the molecule is CCNCc1ccccc1NC(=O)c1nc(-c2cnn(C)c2)oc1C.Cl. The Kier molecular flexibility index (Phi) is 6.54. The van der Waals surface area contributed by atoms with Crippen molar-refractivity contribution in [1.82, 2.24) is 20.1 Å². The monoisotopic (exact) mass is 375 g/mol. The molecule has 0 saturated carbocycles. The molecule has 2 aromatic heterocycles. The van der Waals surface area contributed by atoms with Gasteiger partial charge >= 0.3 is 0 Å². The van der Waals surface area contributed by atoms with Crippen LogP contribution >= 0.6 is 12.4 Å². The lowest BCUT2D eigenvalue weighted by Gasteiger charge is -2.10. The van der Waals surface area contributed by atoms with Crippen molar-refractivity contribution in [2.45, 2.75) is 20.4 Å². The minimum Gasteiger partial charge on any atom is -0.440 e. The summed E-state index contributed by atoms with van der Waals surface area (Å²) in [6.45, 7) is 5.32. The van der Waals surface area contributed by atoms with Gasteiger partial charge in [-0.3, -0.25) is 9.48 Å². The summed E-state index contributed by atoms with van der Waals surface area (Å²) < 4.78 is 7.29. The van der Waals surface area contributed by atoms with Crippen LogP contribution in [-0.4, -0.2) is 27.2 Å². The third kappa shape index (κ3) is 4.30. The Labute approximate surface area is 158 Å². The zero-order valence-electron chi connectivity index (χ0n) is 14.9. The Hall–Kier alpha value is -2.64. The van der Waals surface area contributed by atoms with Crippen LogP contribution in [0.25, 0.3) is 11.5 Å². The van der Waals surface area contributed by atoms with Crippen LogP contribution in [0.2, 0.25) is 0 Å². The molecule has 0 radical (unpaired) electrons. The van der Waals surface area contributed by atoms with E-state index in [1.54, 1.807) is 24.0 Å².